The summed E-state index contributed by atoms with van der Waals surface area (Å²) >= 11 is 3.36. The number of halogens is 1. The Bertz CT molecular complexity index is 397. The fourth-order valence-electron chi connectivity index (χ4n) is 1.39. The van der Waals surface area contributed by atoms with Crippen molar-refractivity contribution in [2.45, 2.75) is 13.3 Å². The van der Waals surface area contributed by atoms with Crippen LogP contribution < -0.4 is 0 Å². The number of hydrogen-bond donors (Lipinski definition) is 0. The number of ether oxygens (including phenoxy) is 1. The van der Waals surface area contributed by atoms with E-state index in [4.69, 9.17) is 4.74 Å². The van der Waals surface area contributed by atoms with Gasteiger partial charge in [-0.2, -0.15) is 0 Å². The van der Waals surface area contributed by atoms with E-state index in [-0.39, 0.29) is 5.97 Å². The Morgan fingerprint density at radius 2 is 2.25 bits per heavy atom. The number of allylic oxidation sites excluding steroid dienone is 1. The van der Waals surface area contributed by atoms with Crippen LogP contribution in [0.3, 0.4) is 0 Å². The highest BCUT2D eigenvalue weighted by Crippen LogP contribution is 2.15. The van der Waals surface area contributed by atoms with E-state index in [1.165, 1.54) is 7.11 Å². The smallest absolute Gasteiger partial charge is 0.338 e. The van der Waals surface area contributed by atoms with Crippen molar-refractivity contribution in [1.29, 1.82) is 0 Å². The Hall–Kier alpha value is -1.09. The second kappa shape index (κ2) is 6.48. The minimum Gasteiger partial charge on any atom is -0.465 e. The van der Waals surface area contributed by atoms with Crippen molar-refractivity contribution in [2.24, 2.45) is 0 Å². The van der Waals surface area contributed by atoms with Gasteiger partial charge in [0.2, 0.25) is 0 Å². The lowest BCUT2D eigenvalue weighted by atomic mass is 10.0. The summed E-state index contributed by atoms with van der Waals surface area (Å²) < 4.78 is 4.74. The highest BCUT2D eigenvalue weighted by Gasteiger charge is 2.09. The first-order valence-corrected chi connectivity index (χ1v) is 6.22. The van der Waals surface area contributed by atoms with Crippen LogP contribution in [0.2, 0.25) is 0 Å². The van der Waals surface area contributed by atoms with Gasteiger partial charge in [0.05, 0.1) is 12.7 Å². The summed E-state index contributed by atoms with van der Waals surface area (Å²) in [5.74, 6) is -0.293. The van der Waals surface area contributed by atoms with Crippen molar-refractivity contribution in [3.05, 3.63) is 41.0 Å². The average molecular weight is 283 g/mol. The molecule has 0 heterocycles. The number of benzene rings is 1. The largest absolute Gasteiger partial charge is 0.465 e. The van der Waals surface area contributed by atoms with Crippen LogP contribution in [0.15, 0.2) is 24.3 Å². The molecule has 1 rings (SSSR count). The molecule has 16 heavy (non-hydrogen) atoms. The molecule has 0 saturated heterocycles. The number of carbonyl (C=O) groups excluding carboxylic acids is 1. The molecule has 0 saturated carbocycles. The fraction of sp³-hybridized carbons (Fsp3) is 0.308. The summed E-state index contributed by atoms with van der Waals surface area (Å²) in [6, 6.07) is 5.69. The van der Waals surface area contributed by atoms with Crippen LogP contribution >= 0.6 is 15.9 Å². The normalized spacial score (nSPS) is 10.7. The highest BCUT2D eigenvalue weighted by molar-refractivity contribution is 9.09. The van der Waals surface area contributed by atoms with E-state index in [0.717, 1.165) is 22.9 Å². The zero-order valence-corrected chi connectivity index (χ0v) is 11.1. The maximum absolute atomic E-state index is 11.5. The molecule has 2 nitrogen and oxygen atoms in total. The number of hydrogen-bond acceptors (Lipinski definition) is 2. The van der Waals surface area contributed by atoms with Crippen molar-refractivity contribution >= 4 is 28.0 Å². The first-order chi connectivity index (χ1) is 7.69. The second-order valence-electron chi connectivity index (χ2n) is 3.46. The lowest BCUT2D eigenvalue weighted by molar-refractivity contribution is 0.0600. The number of esters is 1. The molecule has 3 heteroatoms. The molecular weight excluding hydrogens is 268 g/mol. The Morgan fingerprint density at radius 3 is 2.88 bits per heavy atom. The molecule has 1 aromatic carbocycles. The molecule has 0 aliphatic rings. The lowest BCUT2D eigenvalue weighted by Gasteiger charge is -2.05. The molecule has 0 spiro atoms. The van der Waals surface area contributed by atoms with Gasteiger partial charge >= 0.3 is 5.97 Å². The van der Waals surface area contributed by atoms with Crippen molar-refractivity contribution in [1.82, 2.24) is 0 Å². The van der Waals surface area contributed by atoms with Crippen molar-refractivity contribution in [2.75, 3.05) is 12.4 Å². The standard InChI is InChI=1S/C13H15BrO2/c1-10-6-7-12(13(15)16-2)11(9-10)5-3-4-8-14/h3,5-7,9H,4,8H2,1-2H3. The summed E-state index contributed by atoms with van der Waals surface area (Å²) in [5, 5.41) is 0.920. The highest BCUT2D eigenvalue weighted by atomic mass is 79.9. The number of methoxy groups -OCH3 is 1. The zero-order valence-electron chi connectivity index (χ0n) is 9.50. The van der Waals surface area contributed by atoms with Crippen molar-refractivity contribution in [3.63, 3.8) is 0 Å². The number of alkyl halides is 1. The molecule has 86 valence electrons. The van der Waals surface area contributed by atoms with Gasteiger partial charge in [-0.25, -0.2) is 4.79 Å². The van der Waals surface area contributed by atoms with Gasteiger partial charge in [-0.3, -0.25) is 0 Å². The van der Waals surface area contributed by atoms with E-state index < -0.39 is 0 Å². The Kier molecular flexibility index (Phi) is 5.26. The SMILES string of the molecule is COC(=O)c1ccc(C)cc1C=CCCBr. The van der Waals surface area contributed by atoms with Crippen LogP contribution in [-0.2, 0) is 4.74 Å². The van der Waals surface area contributed by atoms with Gasteiger partial charge in [-0.1, -0.05) is 45.8 Å². The summed E-state index contributed by atoms with van der Waals surface area (Å²) in [4.78, 5) is 11.5. The fourth-order valence-corrected chi connectivity index (χ4v) is 1.65. The quantitative estimate of drug-likeness (QED) is 0.623. The predicted molar refractivity (Wildman–Crippen MR) is 70.0 cm³/mol. The van der Waals surface area contributed by atoms with Crippen LogP contribution in [0.1, 0.15) is 27.9 Å². The first-order valence-electron chi connectivity index (χ1n) is 5.10. The van der Waals surface area contributed by atoms with Gasteiger partial charge in [0.15, 0.2) is 0 Å². The van der Waals surface area contributed by atoms with E-state index in [2.05, 4.69) is 15.9 Å². The molecular formula is C13H15BrO2. The number of aryl methyl sites for hydroxylation is 1. The van der Waals surface area contributed by atoms with Crippen LogP contribution in [0.25, 0.3) is 6.08 Å². The predicted octanol–water partition coefficient (Wildman–Crippen LogP) is 3.58. The number of rotatable bonds is 4. The van der Waals surface area contributed by atoms with Gasteiger partial charge in [0, 0.05) is 5.33 Å². The van der Waals surface area contributed by atoms with Crippen molar-refractivity contribution in [3.8, 4) is 0 Å². The molecule has 0 radical (unpaired) electrons. The lowest BCUT2D eigenvalue weighted by Crippen LogP contribution is -2.03. The van der Waals surface area contributed by atoms with Gasteiger partial charge < -0.3 is 4.74 Å². The van der Waals surface area contributed by atoms with E-state index in [0.29, 0.717) is 5.56 Å². The molecule has 0 fully saturated rings. The Morgan fingerprint density at radius 1 is 1.50 bits per heavy atom. The monoisotopic (exact) mass is 282 g/mol. The topological polar surface area (TPSA) is 26.3 Å². The minimum absolute atomic E-state index is 0.293. The Balaban J connectivity index is 3.03. The van der Waals surface area contributed by atoms with Crippen LogP contribution in [0, 0.1) is 6.92 Å². The van der Waals surface area contributed by atoms with Crippen LogP contribution in [0.5, 0.6) is 0 Å². The summed E-state index contributed by atoms with van der Waals surface area (Å²) in [6.07, 6.45) is 4.94. The summed E-state index contributed by atoms with van der Waals surface area (Å²) in [6.45, 7) is 2.00. The third-order valence-corrected chi connectivity index (χ3v) is 2.64. The molecule has 0 bridgehead atoms. The molecule has 0 aliphatic carbocycles. The molecule has 0 aromatic heterocycles. The average Bonchev–Trinajstić information content (AvgIpc) is 2.29. The first kappa shape index (κ1) is 13.0. The van der Waals surface area contributed by atoms with Gasteiger partial charge in [-0.15, -0.1) is 0 Å². The van der Waals surface area contributed by atoms with Gasteiger partial charge in [0.25, 0.3) is 0 Å². The molecule has 0 aliphatic heterocycles. The van der Waals surface area contributed by atoms with Gasteiger partial charge in [-0.05, 0) is 25.0 Å². The van der Waals surface area contributed by atoms with Crippen molar-refractivity contribution < 1.29 is 9.53 Å². The van der Waals surface area contributed by atoms with E-state index in [1.807, 2.05) is 31.2 Å². The Labute approximate surface area is 104 Å². The second-order valence-corrected chi connectivity index (χ2v) is 4.26. The molecule has 0 atom stereocenters. The van der Waals surface area contributed by atoms with Gasteiger partial charge in [0.1, 0.15) is 0 Å². The van der Waals surface area contributed by atoms with Crippen LogP contribution in [-0.4, -0.2) is 18.4 Å². The van der Waals surface area contributed by atoms with E-state index >= 15 is 0 Å². The third-order valence-electron chi connectivity index (χ3n) is 2.19. The van der Waals surface area contributed by atoms with Crippen LogP contribution in [0.4, 0.5) is 0 Å². The summed E-state index contributed by atoms with van der Waals surface area (Å²) in [5.41, 5.74) is 2.65. The molecule has 1 aromatic rings. The summed E-state index contributed by atoms with van der Waals surface area (Å²) in [7, 11) is 1.40. The third kappa shape index (κ3) is 3.49. The van der Waals surface area contributed by atoms with E-state index in [1.54, 1.807) is 6.07 Å². The molecule has 0 amide bonds. The maximum Gasteiger partial charge on any atom is 0.338 e. The molecule has 0 unspecified atom stereocenters. The number of carbonyl (C=O) groups is 1. The minimum atomic E-state index is -0.293. The maximum atomic E-state index is 11.5. The van der Waals surface area contributed by atoms with E-state index in [9.17, 15) is 4.79 Å². The molecule has 0 N–H and O–H groups in total. The zero-order chi connectivity index (χ0) is 12.0.